The van der Waals surface area contributed by atoms with Crippen LogP contribution in [-0.4, -0.2) is 23.4 Å². The summed E-state index contributed by atoms with van der Waals surface area (Å²) in [6.45, 7) is 3.25. The third-order valence-corrected chi connectivity index (χ3v) is 6.73. The minimum atomic E-state index is -5.55. The van der Waals surface area contributed by atoms with E-state index < -0.39 is 39.9 Å². The molecule has 0 aromatic heterocycles. The van der Waals surface area contributed by atoms with Gasteiger partial charge < -0.3 is 4.74 Å². The van der Waals surface area contributed by atoms with Gasteiger partial charge in [0.1, 0.15) is 11.4 Å². The van der Waals surface area contributed by atoms with Gasteiger partial charge >= 0.3 is 17.8 Å². The molecule has 1 saturated carbocycles. The maximum Gasteiger partial charge on any atom is 0.380 e. The van der Waals surface area contributed by atoms with E-state index >= 15 is 8.78 Å². The summed E-state index contributed by atoms with van der Waals surface area (Å²) < 4.78 is 95.1. The summed E-state index contributed by atoms with van der Waals surface area (Å²) in [6.07, 6.45) is 5.91. The molecule has 1 aromatic carbocycles. The highest BCUT2D eigenvalue weighted by Gasteiger charge is 2.84. The Morgan fingerprint density at radius 2 is 1.52 bits per heavy atom. The largest absolute Gasteiger partial charge is 0.481 e. The third kappa shape index (κ3) is 1.69. The van der Waals surface area contributed by atoms with E-state index in [2.05, 4.69) is 0 Å². The molecule has 29 heavy (non-hydrogen) atoms. The van der Waals surface area contributed by atoms with Gasteiger partial charge in [-0.05, 0) is 25.0 Å². The zero-order valence-electron chi connectivity index (χ0n) is 15.5. The summed E-state index contributed by atoms with van der Waals surface area (Å²) in [5.74, 6) is -15.4. The summed E-state index contributed by atoms with van der Waals surface area (Å²) in [5.41, 5.74) is -5.79. The molecule has 0 N–H and O–H groups in total. The molecule has 0 saturated heterocycles. The van der Waals surface area contributed by atoms with Crippen LogP contribution in [0.4, 0.5) is 26.3 Å². The standard InChI is InChI=1S/C22H16F6O/c1-3-19-15(12-8-4-5-10-14(12)29-19)17-16(13-9-6-7-11-18(13,19)2)20(23,24)22(27,28)21(17,25)26/h4-11H,3H2,1-2H3. The molecule has 1 heterocycles. The molecule has 0 spiro atoms. The molecule has 3 aliphatic carbocycles. The molecule has 1 aromatic rings. The van der Waals surface area contributed by atoms with Crippen LogP contribution in [0.15, 0.2) is 65.3 Å². The average Bonchev–Trinajstić information content (AvgIpc) is 3.06. The lowest BCUT2D eigenvalue weighted by atomic mass is 9.56. The highest BCUT2D eigenvalue weighted by molar-refractivity contribution is 5.92. The van der Waals surface area contributed by atoms with Gasteiger partial charge in [0, 0.05) is 22.3 Å². The van der Waals surface area contributed by atoms with Crippen molar-refractivity contribution in [2.75, 3.05) is 0 Å². The number of fused-ring (bicyclic) bond motifs is 6. The van der Waals surface area contributed by atoms with Gasteiger partial charge in [0.15, 0.2) is 0 Å². The van der Waals surface area contributed by atoms with E-state index in [0.29, 0.717) is 0 Å². The minimum Gasteiger partial charge on any atom is -0.481 e. The van der Waals surface area contributed by atoms with Crippen LogP contribution in [-0.2, 0) is 0 Å². The van der Waals surface area contributed by atoms with Gasteiger partial charge in [-0.15, -0.1) is 0 Å². The summed E-state index contributed by atoms with van der Waals surface area (Å²) >= 11 is 0. The molecule has 2 atom stereocenters. The van der Waals surface area contributed by atoms with Gasteiger partial charge in [-0.2, -0.15) is 26.3 Å². The average molecular weight is 410 g/mol. The molecule has 7 heteroatoms. The Balaban J connectivity index is 2.03. The smallest absolute Gasteiger partial charge is 0.380 e. The Kier molecular flexibility index (Phi) is 3.20. The second-order valence-electron chi connectivity index (χ2n) is 7.96. The molecule has 5 rings (SSSR count). The number of allylic oxidation sites excluding steroid dienone is 5. The maximum atomic E-state index is 15.1. The fraction of sp³-hybridized carbons (Fsp3) is 0.364. The maximum absolute atomic E-state index is 15.1. The summed E-state index contributed by atoms with van der Waals surface area (Å²) in [6, 6.07) is 6.15. The molecular formula is C22H16F6O. The number of ether oxygens (including phenoxy) is 1. The lowest BCUT2D eigenvalue weighted by Gasteiger charge is -2.50. The van der Waals surface area contributed by atoms with E-state index in [9.17, 15) is 17.6 Å². The van der Waals surface area contributed by atoms with Crippen molar-refractivity contribution in [3.8, 4) is 5.75 Å². The molecule has 1 aliphatic heterocycles. The van der Waals surface area contributed by atoms with Crippen molar-refractivity contribution in [2.45, 2.75) is 43.6 Å². The molecule has 1 nitrogen and oxygen atoms in total. The number of rotatable bonds is 1. The van der Waals surface area contributed by atoms with Crippen molar-refractivity contribution in [3.05, 3.63) is 70.9 Å². The summed E-state index contributed by atoms with van der Waals surface area (Å²) in [4.78, 5) is 0. The quantitative estimate of drug-likeness (QED) is 0.491. The van der Waals surface area contributed by atoms with E-state index in [1.165, 1.54) is 24.3 Å². The van der Waals surface area contributed by atoms with E-state index in [4.69, 9.17) is 4.74 Å². The van der Waals surface area contributed by atoms with E-state index in [-0.39, 0.29) is 28.9 Å². The predicted octanol–water partition coefficient (Wildman–Crippen LogP) is 6.34. The molecule has 152 valence electrons. The van der Waals surface area contributed by atoms with E-state index in [1.54, 1.807) is 38.1 Å². The van der Waals surface area contributed by atoms with Crippen molar-refractivity contribution in [1.29, 1.82) is 0 Å². The van der Waals surface area contributed by atoms with Crippen molar-refractivity contribution in [1.82, 2.24) is 0 Å². The third-order valence-electron chi connectivity index (χ3n) is 6.73. The zero-order valence-corrected chi connectivity index (χ0v) is 15.5. The normalized spacial score (nSPS) is 34.5. The van der Waals surface area contributed by atoms with Crippen molar-refractivity contribution in [2.24, 2.45) is 5.41 Å². The number of benzene rings is 1. The van der Waals surface area contributed by atoms with Gasteiger partial charge in [-0.1, -0.05) is 49.4 Å². The van der Waals surface area contributed by atoms with Gasteiger partial charge in [-0.25, -0.2) is 0 Å². The fourth-order valence-electron chi connectivity index (χ4n) is 5.31. The van der Waals surface area contributed by atoms with Crippen LogP contribution >= 0.6 is 0 Å². The van der Waals surface area contributed by atoms with Gasteiger partial charge in [0.2, 0.25) is 0 Å². The molecule has 2 unspecified atom stereocenters. The van der Waals surface area contributed by atoms with Gasteiger partial charge in [-0.3, -0.25) is 0 Å². The van der Waals surface area contributed by atoms with Crippen LogP contribution < -0.4 is 4.74 Å². The Bertz CT molecular complexity index is 1080. The monoisotopic (exact) mass is 410 g/mol. The van der Waals surface area contributed by atoms with Gasteiger partial charge in [0.25, 0.3) is 0 Å². The van der Waals surface area contributed by atoms with Crippen LogP contribution in [0.2, 0.25) is 0 Å². The first-order valence-electron chi connectivity index (χ1n) is 9.26. The number of halogens is 6. The first-order valence-corrected chi connectivity index (χ1v) is 9.26. The fourth-order valence-corrected chi connectivity index (χ4v) is 5.31. The zero-order chi connectivity index (χ0) is 21.0. The van der Waals surface area contributed by atoms with Crippen molar-refractivity contribution >= 4 is 5.57 Å². The lowest BCUT2D eigenvalue weighted by Crippen LogP contribution is -2.53. The number of para-hydroxylation sites is 1. The number of hydrogen-bond acceptors (Lipinski definition) is 1. The molecule has 0 amide bonds. The minimum absolute atomic E-state index is 0.124. The second-order valence-corrected chi connectivity index (χ2v) is 7.96. The molecule has 0 radical (unpaired) electrons. The summed E-state index contributed by atoms with van der Waals surface area (Å²) in [7, 11) is 0. The Hall–Kier alpha value is -2.44. The number of hydrogen-bond donors (Lipinski definition) is 0. The molecule has 1 fully saturated rings. The van der Waals surface area contributed by atoms with Crippen LogP contribution in [0.5, 0.6) is 5.75 Å². The first-order chi connectivity index (χ1) is 13.5. The SMILES string of the molecule is CCC12Oc3ccccc3C1=C1C(=C3C=CC=CC32C)C(F)(F)C(F)(F)C1(F)F. The molecule has 4 aliphatic rings. The van der Waals surface area contributed by atoms with Crippen LogP contribution in [0.25, 0.3) is 5.57 Å². The van der Waals surface area contributed by atoms with Gasteiger partial charge in [0.05, 0.1) is 5.41 Å². The highest BCUT2D eigenvalue weighted by atomic mass is 19.3. The van der Waals surface area contributed by atoms with Crippen molar-refractivity contribution < 1.29 is 31.1 Å². The Labute approximate surface area is 163 Å². The topological polar surface area (TPSA) is 9.23 Å². The van der Waals surface area contributed by atoms with Crippen molar-refractivity contribution in [3.63, 3.8) is 0 Å². The van der Waals surface area contributed by atoms with Crippen LogP contribution in [0, 0.1) is 5.41 Å². The van der Waals surface area contributed by atoms with Crippen LogP contribution in [0.1, 0.15) is 25.8 Å². The lowest BCUT2D eigenvalue weighted by molar-refractivity contribution is -0.257. The Morgan fingerprint density at radius 3 is 2.21 bits per heavy atom. The summed E-state index contributed by atoms with van der Waals surface area (Å²) in [5, 5.41) is 0. The van der Waals surface area contributed by atoms with E-state index in [1.807, 2.05) is 0 Å². The molecule has 0 bridgehead atoms. The Morgan fingerprint density at radius 1 is 0.862 bits per heavy atom. The van der Waals surface area contributed by atoms with E-state index in [0.717, 1.165) is 0 Å². The van der Waals surface area contributed by atoms with Crippen LogP contribution in [0.3, 0.4) is 0 Å². The molecular weight excluding hydrogens is 394 g/mol. The predicted molar refractivity (Wildman–Crippen MR) is 95.3 cm³/mol. The number of alkyl halides is 6. The second kappa shape index (κ2) is 4.99. The first kappa shape index (κ1) is 18.6. The highest BCUT2D eigenvalue weighted by Crippen LogP contribution is 2.72.